The molecule has 127 heavy (non-hydrogen) atoms. The maximum absolute atomic E-state index is 15.5. The zero-order valence-electron chi connectivity index (χ0n) is 69.7. The van der Waals surface area contributed by atoms with Crippen molar-refractivity contribution >= 4 is 136 Å². The number of guanidine groups is 1. The van der Waals surface area contributed by atoms with E-state index in [4.69, 9.17) is 11.1 Å². The molecule has 4 aliphatic rings. The number of hydrogen-bond donors (Lipinski definition) is 24. The van der Waals surface area contributed by atoms with Gasteiger partial charge < -0.3 is 125 Å². The summed E-state index contributed by atoms with van der Waals surface area (Å²) in [5.74, 6) is -16.6. The first kappa shape index (κ1) is 103. The molecule has 25 N–H and O–H groups in total. The number of phenolic OH excluding ortho intramolecular Hbond substituents is 1. The van der Waals surface area contributed by atoms with Crippen LogP contribution in [0, 0.1) is 11.2 Å². The molecule has 0 saturated carbocycles. The number of piperazine rings is 1. The second-order valence-electron chi connectivity index (χ2n) is 30.1. The number of halogens is 1. The van der Waals surface area contributed by atoms with E-state index < -0.39 is 217 Å². The Kier molecular flexibility index (Phi) is 40.4. The summed E-state index contributed by atoms with van der Waals surface area (Å²) in [7, 11) is 0. The molecule has 0 bridgehead atoms. The standard InChI is InChI=1S/C77H109FN22O26.Fe/c1-4-95-35-44(76(123)124)65(113)43-32-45(78)56(33-55(43)95)96-26-28-97(29-27-96)62(112)17-16-60(110)82-23-22-81-59(109)14-15-61(111)86-50-30-42-31-57(107)58(108)34-54(42)100-53(18-21-83-66(50)100)73(120)92-52(37-102)72(119)89-47(11-7-20-85-77(79)80)69(116)91-51(36-101)71(118)90-48(12-8-24-98(125)38-103)68(115)87-46-10-5-6-19-84-74(121)63(40(2)105)94-75(122)64(41(3)106)93-70(117)49(88-67(46)114)13-9-25-99(126)39-104;/h30-35,38-41,46-49,51-53,63-64,101-102,105-108,125-126H,4-29,36-37H2,1-3H3,(H,81,109)(H,82,110)(H,84,121)(H,86,111)(H,87,115)(H,88,114)(H,89,119)(H,90,118)(H,91,116)(H,92,120)(H,93,117)(H,94,122)(H,123,124)(H4,79,80,85);/t40-,41-,46+,47+,48+,49+,51-,52-,53+,63+,64+;/m1./s1. The van der Waals surface area contributed by atoms with Gasteiger partial charge in [0.2, 0.25) is 89.1 Å². The van der Waals surface area contributed by atoms with Gasteiger partial charge in [-0.25, -0.2) is 24.2 Å². The zero-order valence-corrected chi connectivity index (χ0v) is 70.8. The van der Waals surface area contributed by atoms with Gasteiger partial charge in [0.25, 0.3) is 11.7 Å². The molecule has 2 aromatic carbocycles. The first-order valence-electron chi connectivity index (χ1n) is 40.7. The number of amidine groups is 1. The summed E-state index contributed by atoms with van der Waals surface area (Å²) in [5.41, 5.74) is 4.74. The number of pyridine rings is 1. The first-order chi connectivity index (χ1) is 59.9. The predicted octanol–water partition coefficient (Wildman–Crippen LogP) is -10.3. The molecule has 2 fully saturated rings. The second-order valence-corrected chi connectivity index (χ2v) is 30.1. The van der Waals surface area contributed by atoms with Crippen LogP contribution >= 0.6 is 0 Å². The number of hydrogen-bond acceptors (Lipinski definition) is 28. The molecule has 50 heteroatoms. The van der Waals surface area contributed by atoms with Crippen LogP contribution in [0.15, 0.2) is 41.0 Å². The number of aliphatic hydroxyl groups excluding tert-OH is 4. The third-order valence-corrected chi connectivity index (χ3v) is 20.9. The third kappa shape index (κ3) is 29.7. The SMILES string of the molecule is CCn1cc(C(=O)O)c(=O)c2cc(F)c(N3CCN(C(=O)CCC(=O)NCCNC(=O)CCC(=O)NC4=Cc5cc([O-])c(O)cc5N5C4=[NH+]CC[C@H]5C(=O)N[C@H](CO)C(=O)N[C@@H](CCCNC(=N)N)C(=O)N[C@H](CO)C(=O)N[C@@H](CCCN(O)C=O)C(=O)N[C@H]4CCCCNC(=O)[C@H]([C@@H](C)O)NC(=O)[C@H]([C@@H](C)O)NC(=O)[C@H](CCCN(O)C=O)NC4=O)CC3)cc21.[Fe]. The molecule has 3 aromatic rings. The van der Waals surface area contributed by atoms with Crippen LogP contribution in [-0.2, 0) is 95.5 Å². The second kappa shape index (κ2) is 49.8. The minimum Gasteiger partial charge on any atom is -0.870 e. The number of carboxylic acids is 1. The Balaban J connectivity index is 0.0000249. The van der Waals surface area contributed by atoms with E-state index in [1.807, 2.05) is 0 Å². The number of rotatable bonds is 41. The number of aromatic hydroxyl groups is 1. The maximum Gasteiger partial charge on any atom is 0.341 e. The fourth-order valence-corrected chi connectivity index (χ4v) is 14.1. The van der Waals surface area contributed by atoms with Gasteiger partial charge in [0, 0.05) is 144 Å². The number of benzene rings is 2. The molecule has 1 aromatic heterocycles. The van der Waals surface area contributed by atoms with Crippen molar-refractivity contribution in [2.24, 2.45) is 5.73 Å². The number of amides is 15. The summed E-state index contributed by atoms with van der Waals surface area (Å²) in [4.78, 5) is 235. The summed E-state index contributed by atoms with van der Waals surface area (Å²) in [6, 6.07) is -11.0. The third-order valence-electron chi connectivity index (χ3n) is 20.9. The molecule has 0 unspecified atom stereocenters. The minimum atomic E-state index is -2.01. The van der Waals surface area contributed by atoms with Crippen molar-refractivity contribution in [2.75, 3.05) is 95.0 Å². The summed E-state index contributed by atoms with van der Waals surface area (Å²) >= 11 is 0. The number of aliphatic hydroxyl groups is 4. The Labute approximate surface area is 735 Å². The van der Waals surface area contributed by atoms with Gasteiger partial charge in [-0.05, 0) is 96.8 Å². The van der Waals surface area contributed by atoms with Crippen LogP contribution in [0.1, 0.15) is 127 Å². The fourth-order valence-electron chi connectivity index (χ4n) is 14.1. The van der Waals surface area contributed by atoms with Crippen molar-refractivity contribution in [1.82, 2.24) is 88.7 Å². The fraction of sp³-hybridized carbons (Fsp3) is 0.545. The molecular formula is C77H109FFeN22O26. The van der Waals surface area contributed by atoms with Crippen LogP contribution in [0.25, 0.3) is 17.0 Å². The van der Waals surface area contributed by atoms with E-state index >= 15 is 4.39 Å². The molecule has 0 aliphatic carbocycles. The summed E-state index contributed by atoms with van der Waals surface area (Å²) in [6.45, 7) is 1.48. The molecule has 11 atom stereocenters. The Morgan fingerprint density at radius 2 is 1.27 bits per heavy atom. The number of carbonyl (C=O) groups excluding carboxylic acids is 15. The topological polar surface area (TPSA) is 716 Å². The Hall–Kier alpha value is -12.7. The van der Waals surface area contributed by atoms with Crippen LogP contribution in [-0.4, -0.2) is 320 Å². The van der Waals surface area contributed by atoms with E-state index in [9.17, 15) is 128 Å². The Morgan fingerprint density at radius 1 is 0.693 bits per heavy atom. The normalized spacial score (nSPS) is 18.7. The number of nitrogens with one attached hydrogen (secondary N) is 15. The number of anilines is 2. The molecule has 5 heterocycles. The smallest absolute Gasteiger partial charge is 0.341 e. The number of nitrogens with two attached hydrogens (primary N) is 1. The van der Waals surface area contributed by atoms with E-state index in [-0.39, 0.29) is 216 Å². The largest absolute Gasteiger partial charge is 0.870 e. The maximum atomic E-state index is 15.5. The number of fused-ring (bicyclic) bond motifs is 4. The number of aromatic nitrogens is 1. The van der Waals surface area contributed by atoms with E-state index in [1.54, 1.807) is 11.8 Å². The molecular weight excluding hydrogens is 1720 g/mol. The Morgan fingerprint density at radius 3 is 1.87 bits per heavy atom. The van der Waals surface area contributed by atoms with Gasteiger partial charge in [0.05, 0.1) is 43.2 Å². The van der Waals surface area contributed by atoms with Crippen molar-refractivity contribution in [3.8, 4) is 11.5 Å². The van der Waals surface area contributed by atoms with Crippen LogP contribution in [0.3, 0.4) is 0 Å². The average Bonchev–Trinajstić information content (AvgIpc) is 0.749. The quantitative estimate of drug-likeness (QED) is 0.00477. The van der Waals surface area contributed by atoms with Crippen molar-refractivity contribution in [1.29, 1.82) is 5.41 Å². The van der Waals surface area contributed by atoms with Gasteiger partial charge in [-0.15, -0.1) is 0 Å². The van der Waals surface area contributed by atoms with E-state index in [2.05, 4.69) is 74.1 Å². The summed E-state index contributed by atoms with van der Waals surface area (Å²) < 4.78 is 17.0. The molecule has 698 valence electrons. The number of aromatic carboxylic acids is 1. The number of nitrogens with zero attached hydrogens (tertiary/aromatic N) is 6. The van der Waals surface area contributed by atoms with E-state index in [0.717, 1.165) is 25.1 Å². The Bertz CT molecular complexity index is 4650. The van der Waals surface area contributed by atoms with Crippen LogP contribution in [0.2, 0.25) is 0 Å². The minimum absolute atomic E-state index is 0. The molecule has 7 rings (SSSR count). The average molecular weight is 1830 g/mol. The van der Waals surface area contributed by atoms with Gasteiger partial charge in [-0.1, -0.05) is 11.8 Å². The first-order valence-corrected chi connectivity index (χ1v) is 40.7. The van der Waals surface area contributed by atoms with E-state index in [1.165, 1.54) is 39.6 Å². The monoisotopic (exact) mass is 1830 g/mol. The van der Waals surface area contributed by atoms with Gasteiger partial charge in [-0.3, -0.25) is 97.5 Å². The van der Waals surface area contributed by atoms with Crippen molar-refractivity contribution in [3.05, 3.63) is 63.3 Å². The zero-order chi connectivity index (χ0) is 92.8. The number of carbonyl (C=O) groups is 16. The molecule has 2 saturated heterocycles. The predicted molar refractivity (Wildman–Crippen MR) is 436 cm³/mol. The molecule has 0 radical (unpaired) electrons. The molecule has 15 amide bonds. The number of phenols is 1. The molecule has 0 spiro atoms. The molecule has 48 nitrogen and oxygen atoms in total. The molecule has 4 aliphatic heterocycles. The van der Waals surface area contributed by atoms with Gasteiger partial charge in [-0.2, -0.15) is 0 Å². The van der Waals surface area contributed by atoms with Gasteiger partial charge in [0.1, 0.15) is 76.8 Å². The van der Waals surface area contributed by atoms with Gasteiger partial charge in [0.15, 0.2) is 12.0 Å². The van der Waals surface area contributed by atoms with Crippen molar-refractivity contribution < 1.29 is 149 Å². The number of aryl methyl sites for hydroxylation is 1. The van der Waals surface area contributed by atoms with Crippen molar-refractivity contribution in [2.45, 2.75) is 184 Å². The van der Waals surface area contributed by atoms with Crippen molar-refractivity contribution in [3.63, 3.8) is 0 Å². The summed E-state index contributed by atoms with van der Waals surface area (Å²) in [6.07, 6.45) is -3.81. The van der Waals surface area contributed by atoms with Crippen LogP contribution in [0.4, 0.5) is 15.8 Å². The number of carboxylic acid groups (broad SMARTS) is 1. The van der Waals surface area contributed by atoms with Gasteiger partial charge >= 0.3 is 5.97 Å². The van der Waals surface area contributed by atoms with E-state index in [0.29, 0.717) is 12.1 Å². The van der Waals surface area contributed by atoms with Crippen LogP contribution < -0.4 is 100 Å². The van der Waals surface area contributed by atoms with Crippen LogP contribution in [0.5, 0.6) is 11.5 Å². The summed E-state index contributed by atoms with van der Waals surface area (Å²) in [5, 5.41) is 135. The number of hydroxylamine groups is 4.